The Morgan fingerprint density at radius 3 is 2.11 bits per heavy atom. The Kier molecular flexibility index (Phi) is 5.92. The number of aliphatic imine (C=N–C) groups is 2. The van der Waals surface area contributed by atoms with Crippen LogP contribution in [0.15, 0.2) is 178 Å². The zero-order chi connectivity index (χ0) is 34.6. The molecular formula is C49H31N3O. The maximum Gasteiger partial charge on any atom is 0.159 e. The molecule has 0 radical (unpaired) electrons. The second-order valence-electron chi connectivity index (χ2n) is 14.5. The average Bonchev–Trinajstić information content (AvgIpc) is 3.75. The van der Waals surface area contributed by atoms with Gasteiger partial charge >= 0.3 is 0 Å². The van der Waals surface area contributed by atoms with E-state index in [1.807, 2.05) is 0 Å². The largest absolute Gasteiger partial charge is 0.454 e. The second-order valence-corrected chi connectivity index (χ2v) is 14.5. The molecule has 248 valence electrons. The molecule has 2 unspecified atom stereocenters. The molecule has 0 N–H and O–H groups in total. The number of nitrogens with zero attached hydrogens (tertiary/aromatic N) is 3. The molecule has 0 spiro atoms. The average molecular weight is 678 g/mol. The summed E-state index contributed by atoms with van der Waals surface area (Å²) in [5.41, 5.74) is 10.8. The van der Waals surface area contributed by atoms with Crippen LogP contribution >= 0.6 is 0 Å². The number of aromatic nitrogens is 1. The first-order chi connectivity index (χ1) is 26.2. The van der Waals surface area contributed by atoms with E-state index in [-0.39, 0.29) is 12.0 Å². The predicted octanol–water partition coefficient (Wildman–Crippen LogP) is 12.2. The van der Waals surface area contributed by atoms with E-state index in [2.05, 4.69) is 168 Å². The van der Waals surface area contributed by atoms with Crippen LogP contribution in [0.2, 0.25) is 0 Å². The third-order valence-corrected chi connectivity index (χ3v) is 11.5. The van der Waals surface area contributed by atoms with Crippen molar-refractivity contribution in [2.24, 2.45) is 15.9 Å². The molecular weight excluding hydrogens is 647 g/mol. The van der Waals surface area contributed by atoms with Crippen LogP contribution in [0.4, 0.5) is 0 Å². The summed E-state index contributed by atoms with van der Waals surface area (Å²) in [5, 5.41) is 9.51. The van der Waals surface area contributed by atoms with Gasteiger partial charge in [0.05, 0.1) is 28.5 Å². The normalized spacial score (nSPS) is 16.8. The highest BCUT2D eigenvalue weighted by atomic mass is 16.3. The molecule has 0 saturated carbocycles. The van der Waals surface area contributed by atoms with Gasteiger partial charge in [-0.2, -0.15) is 0 Å². The molecule has 2 aliphatic heterocycles. The lowest BCUT2D eigenvalue weighted by Gasteiger charge is -2.31. The molecule has 4 nitrogen and oxygen atoms in total. The summed E-state index contributed by atoms with van der Waals surface area (Å²) in [6.07, 6.45) is 0.796. The van der Waals surface area contributed by atoms with Crippen LogP contribution in [0.1, 0.15) is 28.3 Å². The van der Waals surface area contributed by atoms with Crippen molar-refractivity contribution < 1.29 is 4.42 Å². The summed E-state index contributed by atoms with van der Waals surface area (Å²) in [6.45, 7) is 0. The first-order valence-electron chi connectivity index (χ1n) is 18.4. The van der Waals surface area contributed by atoms with Crippen molar-refractivity contribution in [2.75, 3.05) is 0 Å². The molecule has 4 heterocycles. The predicted molar refractivity (Wildman–Crippen MR) is 219 cm³/mol. The Balaban J connectivity index is 1.22. The van der Waals surface area contributed by atoms with Crippen LogP contribution in [0.25, 0.3) is 71.0 Å². The Labute approximate surface area is 305 Å². The molecule has 2 bridgehead atoms. The van der Waals surface area contributed by atoms with Gasteiger partial charge < -0.3 is 8.98 Å². The van der Waals surface area contributed by atoms with Crippen LogP contribution in [0, 0.1) is 5.92 Å². The third-order valence-electron chi connectivity index (χ3n) is 11.5. The maximum absolute atomic E-state index is 6.95. The molecule has 0 fully saturated rings. The van der Waals surface area contributed by atoms with E-state index in [1.54, 1.807) is 0 Å². The Bertz CT molecular complexity index is 3220. The summed E-state index contributed by atoms with van der Waals surface area (Å²) in [4.78, 5) is 11.2. The number of hydrogen-bond acceptors (Lipinski definition) is 3. The fraction of sp³-hybridized carbons (Fsp3) is 0.0612. The number of hydrogen-bond donors (Lipinski definition) is 0. The minimum atomic E-state index is -0.237. The maximum atomic E-state index is 6.95. The topological polar surface area (TPSA) is 42.8 Å². The Hall–Kier alpha value is -6.78. The molecule has 8 aromatic carbocycles. The van der Waals surface area contributed by atoms with Crippen molar-refractivity contribution in [1.29, 1.82) is 0 Å². The first kappa shape index (κ1) is 28.9. The molecule has 0 amide bonds. The molecule has 2 aromatic heterocycles. The standard InChI is InChI=1S/C49H31N3O/c1-2-11-31(12-3-1)45-41-24-29-18-21-36-40-27-33-14-6-7-15-34(33)28-43(40)52(42(36)25-29)47-39(23-22-38-37-16-8-9-17-44(37)53-48(38)47)46(41)51-49(50-45)35-20-19-30-10-4-5-13-32(30)26-35/h1-23,25-28,41,46H,24H2. The van der Waals surface area contributed by atoms with E-state index < -0.39 is 0 Å². The summed E-state index contributed by atoms with van der Waals surface area (Å²) in [7, 11) is 0. The molecule has 2 aliphatic rings. The van der Waals surface area contributed by atoms with Crippen molar-refractivity contribution in [3.8, 4) is 5.69 Å². The van der Waals surface area contributed by atoms with E-state index in [4.69, 9.17) is 14.4 Å². The second kappa shape index (κ2) is 10.9. The van der Waals surface area contributed by atoms with Gasteiger partial charge in [0.15, 0.2) is 11.4 Å². The molecule has 0 aliphatic carbocycles. The minimum Gasteiger partial charge on any atom is -0.454 e. The quantitative estimate of drug-likeness (QED) is 0.180. The van der Waals surface area contributed by atoms with Gasteiger partial charge in [-0.1, -0.05) is 127 Å². The number of rotatable bonds is 2. The lowest BCUT2D eigenvalue weighted by atomic mass is 9.80. The van der Waals surface area contributed by atoms with E-state index in [0.29, 0.717) is 0 Å². The van der Waals surface area contributed by atoms with Crippen molar-refractivity contribution >= 4 is 76.8 Å². The van der Waals surface area contributed by atoms with Crippen molar-refractivity contribution in [3.05, 3.63) is 186 Å². The van der Waals surface area contributed by atoms with Crippen LogP contribution in [0.3, 0.4) is 0 Å². The van der Waals surface area contributed by atoms with Crippen LogP contribution < -0.4 is 0 Å². The summed E-state index contributed by atoms with van der Waals surface area (Å²) >= 11 is 0. The number of para-hydroxylation sites is 1. The van der Waals surface area contributed by atoms with E-state index in [1.165, 1.54) is 43.4 Å². The van der Waals surface area contributed by atoms with Crippen molar-refractivity contribution in [3.63, 3.8) is 0 Å². The number of benzene rings is 8. The lowest BCUT2D eigenvalue weighted by molar-refractivity contribution is 0.544. The van der Waals surface area contributed by atoms with E-state index >= 15 is 0 Å². The Morgan fingerprint density at radius 1 is 0.528 bits per heavy atom. The van der Waals surface area contributed by atoms with E-state index in [9.17, 15) is 0 Å². The van der Waals surface area contributed by atoms with Gasteiger partial charge in [0.1, 0.15) is 5.58 Å². The molecule has 0 saturated heterocycles. The van der Waals surface area contributed by atoms with Crippen molar-refractivity contribution in [1.82, 2.24) is 4.57 Å². The van der Waals surface area contributed by atoms with Crippen LogP contribution in [-0.2, 0) is 6.42 Å². The van der Waals surface area contributed by atoms with Crippen molar-refractivity contribution in [2.45, 2.75) is 12.5 Å². The first-order valence-corrected chi connectivity index (χ1v) is 18.4. The van der Waals surface area contributed by atoms with Crippen LogP contribution in [-0.4, -0.2) is 16.1 Å². The molecule has 2 atom stereocenters. The SMILES string of the molecule is c1ccc(C2=NC(c3ccc4ccccc4c3)=NC3c4ccc5c(oc6ccccc65)c4-n4c5cc(ccc5c5cc6ccccc6cc54)CC23)cc1. The van der Waals surface area contributed by atoms with Gasteiger partial charge in [-0.3, -0.25) is 4.99 Å². The number of amidine groups is 1. The van der Waals surface area contributed by atoms with Gasteiger partial charge in [-0.25, -0.2) is 4.99 Å². The molecule has 10 aromatic rings. The molecule has 12 rings (SSSR count). The lowest BCUT2D eigenvalue weighted by Crippen LogP contribution is -2.30. The number of fused-ring (bicyclic) bond motifs is 14. The fourth-order valence-corrected chi connectivity index (χ4v) is 9.08. The highest BCUT2D eigenvalue weighted by molar-refractivity contribution is 6.18. The third kappa shape index (κ3) is 4.24. The summed E-state index contributed by atoms with van der Waals surface area (Å²) in [5.74, 6) is 0.738. The number of furan rings is 1. The molecule has 53 heavy (non-hydrogen) atoms. The van der Waals surface area contributed by atoms with Crippen LogP contribution in [0.5, 0.6) is 0 Å². The van der Waals surface area contributed by atoms with Gasteiger partial charge in [0.25, 0.3) is 0 Å². The van der Waals surface area contributed by atoms with Gasteiger partial charge in [0.2, 0.25) is 0 Å². The highest BCUT2D eigenvalue weighted by Crippen LogP contribution is 2.47. The monoisotopic (exact) mass is 677 g/mol. The van der Waals surface area contributed by atoms with Gasteiger partial charge in [0, 0.05) is 38.6 Å². The van der Waals surface area contributed by atoms with E-state index in [0.717, 1.165) is 67.8 Å². The fourth-order valence-electron chi connectivity index (χ4n) is 9.08. The van der Waals surface area contributed by atoms with Gasteiger partial charge in [-0.15, -0.1) is 0 Å². The summed E-state index contributed by atoms with van der Waals surface area (Å²) < 4.78 is 9.42. The molecule has 4 heteroatoms. The highest BCUT2D eigenvalue weighted by Gasteiger charge is 2.37. The minimum absolute atomic E-state index is 0.0173. The zero-order valence-corrected chi connectivity index (χ0v) is 28.7. The zero-order valence-electron chi connectivity index (χ0n) is 28.7. The smallest absolute Gasteiger partial charge is 0.159 e. The van der Waals surface area contributed by atoms with Gasteiger partial charge in [-0.05, 0) is 75.5 Å². The Morgan fingerprint density at radius 2 is 1.25 bits per heavy atom. The summed E-state index contributed by atoms with van der Waals surface area (Å²) in [6, 6.07) is 58.9.